The molecule has 1 atom stereocenters. The lowest BCUT2D eigenvalue weighted by molar-refractivity contribution is -0.0101. The van der Waals surface area contributed by atoms with E-state index in [9.17, 15) is 0 Å². The highest BCUT2D eigenvalue weighted by Gasteiger charge is 2.22. The van der Waals surface area contributed by atoms with Gasteiger partial charge in [-0.1, -0.05) is 0 Å². The number of morpholine rings is 1. The summed E-state index contributed by atoms with van der Waals surface area (Å²) >= 11 is 0. The van der Waals surface area contributed by atoms with Crippen molar-refractivity contribution in [1.29, 1.82) is 0 Å². The summed E-state index contributed by atoms with van der Waals surface area (Å²) in [6.07, 6.45) is 3.91. The average Bonchev–Trinajstić information content (AvgIpc) is 2.87. The van der Waals surface area contributed by atoms with Crippen molar-refractivity contribution in [3.8, 4) is 0 Å². The number of aromatic amines is 1. The molecule has 96 valence electrons. The van der Waals surface area contributed by atoms with Crippen molar-refractivity contribution in [1.82, 2.24) is 9.97 Å². The summed E-state index contributed by atoms with van der Waals surface area (Å²) in [5, 5.41) is 1.16. The lowest BCUT2D eigenvalue weighted by Crippen LogP contribution is -2.44. The van der Waals surface area contributed by atoms with Crippen molar-refractivity contribution in [2.24, 2.45) is 0 Å². The van der Waals surface area contributed by atoms with Gasteiger partial charge in [0.15, 0.2) is 0 Å². The van der Waals surface area contributed by atoms with Crippen LogP contribution < -0.4 is 4.90 Å². The number of nitrogens with one attached hydrogen (secondary N) is 1. The Morgan fingerprint density at radius 1 is 1.56 bits per heavy atom. The summed E-state index contributed by atoms with van der Waals surface area (Å²) in [5.41, 5.74) is 1.12. The molecule has 3 rings (SSSR count). The predicted molar refractivity (Wildman–Crippen MR) is 69.9 cm³/mol. The molecule has 1 saturated heterocycles. The van der Waals surface area contributed by atoms with Crippen LogP contribution in [0.15, 0.2) is 24.5 Å². The first-order valence-electron chi connectivity index (χ1n) is 6.16. The van der Waals surface area contributed by atoms with Gasteiger partial charge in [-0.15, -0.1) is 0 Å². The van der Waals surface area contributed by atoms with Gasteiger partial charge in [0.25, 0.3) is 0 Å². The molecule has 0 aliphatic carbocycles. The van der Waals surface area contributed by atoms with Gasteiger partial charge in [-0.25, -0.2) is 4.98 Å². The number of fused-ring (bicyclic) bond motifs is 1. The molecular weight excluding hydrogens is 230 g/mol. The van der Waals surface area contributed by atoms with Gasteiger partial charge >= 0.3 is 0 Å². The Bertz CT molecular complexity index is 524. The Labute approximate surface area is 106 Å². The van der Waals surface area contributed by atoms with E-state index in [1.807, 2.05) is 18.5 Å². The third kappa shape index (κ3) is 2.07. The third-order valence-electron chi connectivity index (χ3n) is 3.25. The van der Waals surface area contributed by atoms with Gasteiger partial charge in [0, 0.05) is 38.0 Å². The van der Waals surface area contributed by atoms with E-state index in [-0.39, 0.29) is 6.10 Å². The predicted octanol–water partition coefficient (Wildman–Crippen LogP) is 1.41. The standard InChI is InChI=1S/C13H17N3O2/c1-17-9-10-8-16(6-7-18-10)13-11-2-4-14-12(11)3-5-15-13/h2-5,10,14H,6-9H2,1H3/t10-/m1/s1. The monoisotopic (exact) mass is 247 g/mol. The second-order valence-electron chi connectivity index (χ2n) is 4.47. The molecule has 0 saturated carbocycles. The van der Waals surface area contributed by atoms with Crippen LogP contribution in [0.2, 0.25) is 0 Å². The molecular formula is C13H17N3O2. The number of hydrogen-bond donors (Lipinski definition) is 1. The molecule has 0 aromatic carbocycles. The Kier molecular flexibility index (Phi) is 3.17. The van der Waals surface area contributed by atoms with Crippen LogP contribution in [0.25, 0.3) is 10.9 Å². The smallest absolute Gasteiger partial charge is 0.138 e. The number of rotatable bonds is 3. The van der Waals surface area contributed by atoms with Gasteiger partial charge in [-0.05, 0) is 12.1 Å². The number of methoxy groups -OCH3 is 1. The van der Waals surface area contributed by atoms with E-state index in [1.165, 1.54) is 0 Å². The molecule has 0 bridgehead atoms. The maximum atomic E-state index is 5.66. The summed E-state index contributed by atoms with van der Waals surface area (Å²) < 4.78 is 10.8. The number of ether oxygens (including phenoxy) is 2. The number of anilines is 1. The number of pyridine rings is 1. The summed E-state index contributed by atoms with van der Waals surface area (Å²) in [5.74, 6) is 1.03. The Morgan fingerprint density at radius 3 is 3.39 bits per heavy atom. The third-order valence-corrected chi connectivity index (χ3v) is 3.25. The fourth-order valence-corrected chi connectivity index (χ4v) is 2.42. The Balaban J connectivity index is 1.87. The van der Waals surface area contributed by atoms with Gasteiger partial charge in [0.1, 0.15) is 5.82 Å². The summed E-state index contributed by atoms with van der Waals surface area (Å²) in [7, 11) is 1.70. The maximum absolute atomic E-state index is 5.66. The topological polar surface area (TPSA) is 50.4 Å². The van der Waals surface area contributed by atoms with E-state index in [0.717, 1.165) is 36.4 Å². The highest BCUT2D eigenvalue weighted by molar-refractivity contribution is 5.90. The second kappa shape index (κ2) is 4.96. The largest absolute Gasteiger partial charge is 0.382 e. The quantitative estimate of drug-likeness (QED) is 0.891. The second-order valence-corrected chi connectivity index (χ2v) is 4.47. The minimum atomic E-state index is 0.125. The molecule has 2 aromatic rings. The van der Waals surface area contributed by atoms with Crippen LogP contribution in [0.4, 0.5) is 5.82 Å². The molecule has 1 fully saturated rings. The summed E-state index contributed by atoms with van der Waals surface area (Å²) in [6, 6.07) is 4.06. The first kappa shape index (κ1) is 11.5. The van der Waals surface area contributed by atoms with Gasteiger partial charge in [0.2, 0.25) is 0 Å². The lowest BCUT2D eigenvalue weighted by Gasteiger charge is -2.33. The van der Waals surface area contributed by atoms with Crippen molar-refractivity contribution in [2.45, 2.75) is 6.10 Å². The van der Waals surface area contributed by atoms with Crippen molar-refractivity contribution in [3.05, 3.63) is 24.5 Å². The van der Waals surface area contributed by atoms with E-state index >= 15 is 0 Å². The number of aromatic nitrogens is 2. The molecule has 0 spiro atoms. The molecule has 18 heavy (non-hydrogen) atoms. The van der Waals surface area contributed by atoms with Crippen LogP contribution in [0.3, 0.4) is 0 Å². The van der Waals surface area contributed by atoms with E-state index < -0.39 is 0 Å². The zero-order valence-corrected chi connectivity index (χ0v) is 10.4. The Hall–Kier alpha value is -1.59. The van der Waals surface area contributed by atoms with Crippen LogP contribution >= 0.6 is 0 Å². The normalized spacial score (nSPS) is 20.5. The van der Waals surface area contributed by atoms with Crippen LogP contribution in [-0.4, -0.2) is 49.5 Å². The molecule has 0 radical (unpaired) electrons. The number of H-pyrrole nitrogens is 1. The van der Waals surface area contributed by atoms with Crippen molar-refractivity contribution in [2.75, 3.05) is 38.3 Å². The van der Waals surface area contributed by atoms with Crippen molar-refractivity contribution < 1.29 is 9.47 Å². The minimum absolute atomic E-state index is 0.125. The molecule has 3 heterocycles. The molecule has 5 heteroatoms. The fourth-order valence-electron chi connectivity index (χ4n) is 2.42. The van der Waals surface area contributed by atoms with E-state index in [1.54, 1.807) is 7.11 Å². The zero-order valence-electron chi connectivity index (χ0n) is 10.4. The average molecular weight is 247 g/mol. The molecule has 0 amide bonds. The maximum Gasteiger partial charge on any atom is 0.138 e. The van der Waals surface area contributed by atoms with Crippen LogP contribution in [0.1, 0.15) is 0 Å². The van der Waals surface area contributed by atoms with Gasteiger partial charge in [0.05, 0.1) is 24.8 Å². The van der Waals surface area contributed by atoms with E-state index in [2.05, 4.69) is 20.9 Å². The SMILES string of the molecule is COC[C@H]1CN(c2nccc3[nH]ccc23)CCO1. The molecule has 1 aliphatic heterocycles. The minimum Gasteiger partial charge on any atom is -0.382 e. The summed E-state index contributed by atoms with van der Waals surface area (Å²) in [6.45, 7) is 3.04. The Morgan fingerprint density at radius 2 is 2.50 bits per heavy atom. The molecule has 2 aromatic heterocycles. The van der Waals surface area contributed by atoms with Gasteiger partial charge in [-0.3, -0.25) is 0 Å². The van der Waals surface area contributed by atoms with Crippen LogP contribution in [0.5, 0.6) is 0 Å². The number of nitrogens with zero attached hydrogens (tertiary/aromatic N) is 2. The molecule has 5 nitrogen and oxygen atoms in total. The van der Waals surface area contributed by atoms with Crippen molar-refractivity contribution in [3.63, 3.8) is 0 Å². The highest BCUT2D eigenvalue weighted by atomic mass is 16.5. The fraction of sp³-hybridized carbons (Fsp3) is 0.462. The first-order chi connectivity index (χ1) is 8.88. The van der Waals surface area contributed by atoms with E-state index in [0.29, 0.717) is 6.61 Å². The molecule has 1 N–H and O–H groups in total. The molecule has 1 aliphatic rings. The molecule has 0 unspecified atom stereocenters. The highest BCUT2D eigenvalue weighted by Crippen LogP contribution is 2.24. The van der Waals surface area contributed by atoms with E-state index in [4.69, 9.17) is 9.47 Å². The van der Waals surface area contributed by atoms with Crippen molar-refractivity contribution >= 4 is 16.7 Å². The van der Waals surface area contributed by atoms with Crippen LogP contribution in [-0.2, 0) is 9.47 Å². The first-order valence-corrected chi connectivity index (χ1v) is 6.16. The summed E-state index contributed by atoms with van der Waals surface area (Å²) in [4.78, 5) is 9.99. The zero-order chi connectivity index (χ0) is 12.4. The number of hydrogen-bond acceptors (Lipinski definition) is 4. The van der Waals surface area contributed by atoms with Crippen LogP contribution in [0, 0.1) is 0 Å². The van der Waals surface area contributed by atoms with Gasteiger partial charge < -0.3 is 19.4 Å². The lowest BCUT2D eigenvalue weighted by atomic mass is 10.2. The van der Waals surface area contributed by atoms with Gasteiger partial charge in [-0.2, -0.15) is 0 Å².